The van der Waals surface area contributed by atoms with Crippen LogP contribution in [0.15, 0.2) is 114 Å². The number of rotatable bonds is 9. The Hall–Kier alpha value is -5.83. The summed E-state index contributed by atoms with van der Waals surface area (Å²) in [6.07, 6.45) is 6.01. The minimum absolute atomic E-state index is 0.0353. The smallest absolute Gasteiger partial charge is 0.248 e. The Bertz CT molecular complexity index is 2210. The van der Waals surface area contributed by atoms with Crippen LogP contribution in [-0.2, 0) is 14.4 Å². The predicted octanol–water partition coefficient (Wildman–Crippen LogP) is 7.94. The summed E-state index contributed by atoms with van der Waals surface area (Å²) in [5.74, 6) is -0.146. The van der Waals surface area contributed by atoms with Gasteiger partial charge in [0, 0.05) is 36.8 Å². The summed E-state index contributed by atoms with van der Waals surface area (Å²) in [4.78, 5) is 49.2. The van der Waals surface area contributed by atoms with E-state index in [4.69, 9.17) is 4.99 Å². The largest absolute Gasteiger partial charge is 0.334 e. The van der Waals surface area contributed by atoms with Gasteiger partial charge in [0.15, 0.2) is 5.82 Å². The van der Waals surface area contributed by atoms with E-state index in [0.717, 1.165) is 82.2 Å². The maximum Gasteiger partial charge on any atom is 0.248 e. The molecular formula is C44H44N6O3. The van der Waals surface area contributed by atoms with Crippen LogP contribution >= 0.6 is 0 Å². The molecule has 9 heteroatoms. The van der Waals surface area contributed by atoms with Crippen molar-refractivity contribution in [2.75, 3.05) is 18.4 Å². The lowest BCUT2D eigenvalue weighted by atomic mass is 9.95. The number of nitrogens with zero attached hydrogens (tertiary/aromatic N) is 4. The molecule has 0 saturated carbocycles. The number of aliphatic imine (C=N–C) groups is 1. The molecule has 0 unspecified atom stereocenters. The summed E-state index contributed by atoms with van der Waals surface area (Å²) in [5, 5.41) is 11.3. The van der Waals surface area contributed by atoms with E-state index in [1.165, 1.54) is 0 Å². The Morgan fingerprint density at radius 1 is 0.736 bits per heavy atom. The van der Waals surface area contributed by atoms with Gasteiger partial charge in [-0.2, -0.15) is 5.10 Å². The predicted molar refractivity (Wildman–Crippen MR) is 209 cm³/mol. The molecular weight excluding hydrogens is 661 g/mol. The first kappa shape index (κ1) is 34.3. The molecule has 3 amide bonds. The van der Waals surface area contributed by atoms with Crippen molar-refractivity contribution in [3.63, 3.8) is 0 Å². The van der Waals surface area contributed by atoms with Crippen molar-refractivity contribution in [1.29, 1.82) is 0 Å². The van der Waals surface area contributed by atoms with E-state index in [-0.39, 0.29) is 35.6 Å². The highest BCUT2D eigenvalue weighted by Gasteiger charge is 2.37. The van der Waals surface area contributed by atoms with E-state index in [1.54, 1.807) is 4.90 Å². The Kier molecular flexibility index (Phi) is 9.48. The Balaban J connectivity index is 0.922. The number of benzene rings is 4. The van der Waals surface area contributed by atoms with Gasteiger partial charge in [0.05, 0.1) is 23.4 Å². The summed E-state index contributed by atoms with van der Waals surface area (Å²) in [7, 11) is 0. The second-order valence-electron chi connectivity index (χ2n) is 14.5. The van der Waals surface area contributed by atoms with Crippen molar-refractivity contribution in [2.24, 2.45) is 4.99 Å². The van der Waals surface area contributed by atoms with Crippen LogP contribution in [0.3, 0.4) is 0 Å². The van der Waals surface area contributed by atoms with Gasteiger partial charge in [-0.3, -0.25) is 24.5 Å². The SMILES string of the molecule is C[C@@H](C(=O)N1CCC[C@H]1C(=O)Nc1n[nH]c2ccc(-c3ccc(C4=CN=C([C@@H]5CCCN5C(=O)[C@H](C)c5ccccc5)C4)cc3)cc12)c1ccccc1. The zero-order valence-corrected chi connectivity index (χ0v) is 30.2. The van der Waals surface area contributed by atoms with Gasteiger partial charge in [0.1, 0.15) is 6.04 Å². The molecule has 2 saturated heterocycles. The number of aromatic nitrogens is 2. The van der Waals surface area contributed by atoms with E-state index in [1.807, 2.05) is 104 Å². The molecule has 4 aromatic carbocycles. The van der Waals surface area contributed by atoms with Crippen molar-refractivity contribution in [3.05, 3.63) is 126 Å². The van der Waals surface area contributed by atoms with E-state index >= 15 is 0 Å². The van der Waals surface area contributed by atoms with Gasteiger partial charge >= 0.3 is 0 Å². The normalized spacial score (nSPS) is 19.6. The maximum absolute atomic E-state index is 13.6. The van der Waals surface area contributed by atoms with Crippen molar-refractivity contribution in [1.82, 2.24) is 20.0 Å². The number of allylic oxidation sites excluding steroid dienone is 1. The van der Waals surface area contributed by atoms with Crippen LogP contribution in [0, 0.1) is 0 Å². The molecule has 0 radical (unpaired) electrons. The number of aromatic amines is 1. The first-order valence-corrected chi connectivity index (χ1v) is 18.7. The molecule has 2 N–H and O–H groups in total. The molecule has 2 fully saturated rings. The van der Waals surface area contributed by atoms with Crippen LogP contribution in [0.4, 0.5) is 5.82 Å². The topological polar surface area (TPSA) is 111 Å². The molecule has 268 valence electrons. The number of carbonyl (C=O) groups is 3. The average Bonchev–Trinajstić information content (AvgIpc) is 4.05. The molecule has 0 spiro atoms. The molecule has 8 rings (SSSR count). The van der Waals surface area contributed by atoms with Crippen molar-refractivity contribution < 1.29 is 14.4 Å². The average molecular weight is 705 g/mol. The van der Waals surface area contributed by atoms with Gasteiger partial charge in [-0.1, -0.05) is 91.0 Å². The molecule has 9 nitrogen and oxygen atoms in total. The molecule has 4 heterocycles. The zero-order valence-electron chi connectivity index (χ0n) is 30.2. The Morgan fingerprint density at radius 3 is 2.04 bits per heavy atom. The molecule has 3 aliphatic heterocycles. The van der Waals surface area contributed by atoms with Gasteiger partial charge in [0.2, 0.25) is 17.7 Å². The summed E-state index contributed by atoms with van der Waals surface area (Å²) in [6.45, 7) is 5.23. The summed E-state index contributed by atoms with van der Waals surface area (Å²) < 4.78 is 0. The maximum atomic E-state index is 13.6. The molecule has 0 bridgehead atoms. The minimum atomic E-state index is -0.541. The highest BCUT2D eigenvalue weighted by Crippen LogP contribution is 2.34. The summed E-state index contributed by atoms with van der Waals surface area (Å²) in [6, 6.07) is 33.7. The quantitative estimate of drug-likeness (QED) is 0.162. The lowest BCUT2D eigenvalue weighted by molar-refractivity contribution is -0.137. The number of anilines is 1. The van der Waals surface area contributed by atoms with Gasteiger partial charge < -0.3 is 15.1 Å². The molecule has 5 aromatic rings. The van der Waals surface area contributed by atoms with E-state index in [0.29, 0.717) is 18.8 Å². The van der Waals surface area contributed by atoms with Crippen LogP contribution in [0.2, 0.25) is 0 Å². The highest BCUT2D eigenvalue weighted by molar-refractivity contribution is 6.05. The van der Waals surface area contributed by atoms with Crippen LogP contribution in [0.1, 0.15) is 74.5 Å². The van der Waals surface area contributed by atoms with Crippen molar-refractivity contribution >= 4 is 45.7 Å². The van der Waals surface area contributed by atoms with Crippen molar-refractivity contribution in [3.8, 4) is 11.1 Å². The standard InChI is InChI=1S/C44H44N6O3/c1-28(30-11-5-3-6-12-30)43(52)49-23-9-15-39(49)38-26-35(27-45-38)33-19-17-32(18-20-33)34-21-22-37-36(25-34)41(48-47-37)46-42(51)40-16-10-24-50(40)44(53)29(2)31-13-7-4-8-14-31/h3-8,11-14,17-22,25,27-29,39-40H,9-10,15-16,23-24,26H2,1-2H3,(H2,46,47,48,51)/t28-,29-,39+,40+/m1/s1. The van der Waals surface area contributed by atoms with E-state index < -0.39 is 6.04 Å². The van der Waals surface area contributed by atoms with Crippen LogP contribution in [0.5, 0.6) is 0 Å². The second kappa shape index (κ2) is 14.7. The molecule has 1 aromatic heterocycles. The van der Waals surface area contributed by atoms with Gasteiger partial charge in [-0.15, -0.1) is 0 Å². The highest BCUT2D eigenvalue weighted by atomic mass is 16.2. The third-order valence-electron chi connectivity index (χ3n) is 11.3. The fourth-order valence-electron chi connectivity index (χ4n) is 8.14. The van der Waals surface area contributed by atoms with Gasteiger partial charge in [-0.05, 0) is 85.1 Å². The number of likely N-dealkylation sites (tertiary alicyclic amines) is 2. The Morgan fingerprint density at radius 2 is 1.34 bits per heavy atom. The molecule has 53 heavy (non-hydrogen) atoms. The zero-order chi connectivity index (χ0) is 36.5. The number of amides is 3. The van der Waals surface area contributed by atoms with Gasteiger partial charge in [0.25, 0.3) is 0 Å². The first-order valence-electron chi connectivity index (χ1n) is 18.7. The summed E-state index contributed by atoms with van der Waals surface area (Å²) in [5.41, 5.74) is 8.16. The van der Waals surface area contributed by atoms with Crippen molar-refractivity contribution in [2.45, 2.75) is 69.9 Å². The molecule has 4 atom stereocenters. The number of H-pyrrole nitrogens is 1. The minimum Gasteiger partial charge on any atom is -0.334 e. The number of hydrogen-bond acceptors (Lipinski definition) is 5. The van der Waals surface area contributed by atoms with Gasteiger partial charge in [-0.25, -0.2) is 0 Å². The lowest BCUT2D eigenvalue weighted by Gasteiger charge is -2.28. The molecule has 3 aliphatic rings. The number of carbonyl (C=O) groups excluding carboxylic acids is 3. The first-order chi connectivity index (χ1) is 25.9. The number of nitrogens with one attached hydrogen (secondary N) is 2. The third-order valence-corrected chi connectivity index (χ3v) is 11.3. The van der Waals surface area contributed by atoms with Crippen LogP contribution in [-0.4, -0.2) is 68.6 Å². The number of fused-ring (bicyclic) bond motifs is 1. The number of hydrogen-bond donors (Lipinski definition) is 2. The van der Waals surface area contributed by atoms with Crippen LogP contribution < -0.4 is 5.32 Å². The lowest BCUT2D eigenvalue weighted by Crippen LogP contribution is -2.44. The van der Waals surface area contributed by atoms with Crippen LogP contribution in [0.25, 0.3) is 27.6 Å². The fourth-order valence-corrected chi connectivity index (χ4v) is 8.14. The Labute approximate surface area is 309 Å². The summed E-state index contributed by atoms with van der Waals surface area (Å²) >= 11 is 0. The van der Waals surface area contributed by atoms with E-state index in [9.17, 15) is 14.4 Å². The van der Waals surface area contributed by atoms with E-state index in [2.05, 4.69) is 39.8 Å². The second-order valence-corrected chi connectivity index (χ2v) is 14.5. The fraction of sp³-hybridized carbons (Fsp3) is 0.295. The third kappa shape index (κ3) is 6.79. The monoisotopic (exact) mass is 704 g/mol. The molecule has 0 aliphatic carbocycles.